The molecule has 1 amide bonds. The average molecular weight is 355 g/mol. The minimum atomic E-state index is -0.218. The number of hydrogen-bond acceptors (Lipinski definition) is 4. The van der Waals surface area contributed by atoms with Crippen LogP contribution in [0, 0.1) is 0 Å². The third-order valence-electron chi connectivity index (χ3n) is 4.45. The molecule has 0 radical (unpaired) electrons. The summed E-state index contributed by atoms with van der Waals surface area (Å²) in [4.78, 5) is 23.7. The predicted molar refractivity (Wildman–Crippen MR) is 99.5 cm³/mol. The standard InChI is InChI=1S/C20H25N3O3/c1-14(2)15-5-7-17(8-6-15)26-13-19(24)21-11-12-23-20(25)10-9-18(22-23)16-3-4-16/h5-10,14,16H,3-4,11-13H2,1-2H3,(H,21,24). The Morgan fingerprint density at radius 2 is 1.96 bits per heavy atom. The van der Waals surface area contributed by atoms with Crippen molar-refractivity contribution in [2.45, 2.75) is 45.1 Å². The van der Waals surface area contributed by atoms with E-state index in [1.807, 2.05) is 24.3 Å². The second-order valence-corrected chi connectivity index (χ2v) is 6.96. The molecule has 6 heteroatoms. The van der Waals surface area contributed by atoms with Crippen LogP contribution in [0.3, 0.4) is 0 Å². The lowest BCUT2D eigenvalue weighted by Crippen LogP contribution is -2.34. The van der Waals surface area contributed by atoms with E-state index in [0.29, 0.717) is 30.7 Å². The van der Waals surface area contributed by atoms with Crippen molar-refractivity contribution < 1.29 is 9.53 Å². The molecule has 3 rings (SSSR count). The van der Waals surface area contributed by atoms with E-state index in [-0.39, 0.29) is 18.1 Å². The number of nitrogens with one attached hydrogen (secondary N) is 1. The number of hydrogen-bond donors (Lipinski definition) is 1. The molecule has 1 aliphatic rings. The van der Waals surface area contributed by atoms with Gasteiger partial charge in [0, 0.05) is 18.5 Å². The maximum Gasteiger partial charge on any atom is 0.266 e. The van der Waals surface area contributed by atoms with E-state index in [0.717, 1.165) is 18.5 Å². The third kappa shape index (κ3) is 4.94. The number of nitrogens with zero attached hydrogens (tertiary/aromatic N) is 2. The molecule has 0 bridgehead atoms. The number of amides is 1. The molecule has 1 aliphatic carbocycles. The topological polar surface area (TPSA) is 73.2 Å². The fraction of sp³-hybridized carbons (Fsp3) is 0.450. The largest absolute Gasteiger partial charge is 0.484 e. The van der Waals surface area contributed by atoms with Crippen molar-refractivity contribution in [2.75, 3.05) is 13.2 Å². The molecule has 0 unspecified atom stereocenters. The molecule has 1 heterocycles. The number of benzene rings is 1. The van der Waals surface area contributed by atoms with E-state index >= 15 is 0 Å². The first-order valence-electron chi connectivity index (χ1n) is 9.10. The molecular weight excluding hydrogens is 330 g/mol. The van der Waals surface area contributed by atoms with Crippen molar-refractivity contribution in [1.29, 1.82) is 0 Å². The fourth-order valence-electron chi connectivity index (χ4n) is 2.67. The van der Waals surface area contributed by atoms with Gasteiger partial charge < -0.3 is 10.1 Å². The summed E-state index contributed by atoms with van der Waals surface area (Å²) in [7, 11) is 0. The molecule has 1 aromatic carbocycles. The van der Waals surface area contributed by atoms with Gasteiger partial charge in [-0.1, -0.05) is 26.0 Å². The summed E-state index contributed by atoms with van der Waals surface area (Å²) in [5.41, 5.74) is 2.04. The van der Waals surface area contributed by atoms with E-state index in [4.69, 9.17) is 4.74 Å². The summed E-state index contributed by atoms with van der Waals surface area (Å²) in [5, 5.41) is 7.13. The number of rotatable bonds is 8. The van der Waals surface area contributed by atoms with Crippen molar-refractivity contribution in [3.63, 3.8) is 0 Å². The molecule has 0 spiro atoms. The Hall–Kier alpha value is -2.63. The lowest BCUT2D eigenvalue weighted by Gasteiger charge is -2.10. The quantitative estimate of drug-likeness (QED) is 0.789. The molecule has 0 saturated heterocycles. The lowest BCUT2D eigenvalue weighted by molar-refractivity contribution is -0.123. The smallest absolute Gasteiger partial charge is 0.266 e. The first-order chi connectivity index (χ1) is 12.5. The Balaban J connectivity index is 1.43. The van der Waals surface area contributed by atoms with E-state index in [1.54, 1.807) is 12.1 Å². The summed E-state index contributed by atoms with van der Waals surface area (Å²) in [5.74, 6) is 1.40. The van der Waals surface area contributed by atoms with Gasteiger partial charge in [0.15, 0.2) is 6.61 Å². The molecule has 0 atom stereocenters. The van der Waals surface area contributed by atoms with Crippen LogP contribution in [0.25, 0.3) is 0 Å². The molecule has 1 saturated carbocycles. The summed E-state index contributed by atoms with van der Waals surface area (Å²) in [6.45, 7) is 4.91. The molecule has 1 fully saturated rings. The third-order valence-corrected chi connectivity index (χ3v) is 4.45. The SMILES string of the molecule is CC(C)c1ccc(OCC(=O)NCCn2nc(C3CC3)ccc2=O)cc1. The summed E-state index contributed by atoms with van der Waals surface area (Å²) in [6.07, 6.45) is 2.27. The van der Waals surface area contributed by atoms with Crippen LogP contribution < -0.4 is 15.6 Å². The fourth-order valence-corrected chi connectivity index (χ4v) is 2.67. The lowest BCUT2D eigenvalue weighted by atomic mass is 10.0. The van der Waals surface area contributed by atoms with Crippen molar-refractivity contribution in [1.82, 2.24) is 15.1 Å². The van der Waals surface area contributed by atoms with Gasteiger partial charge in [0.1, 0.15) is 5.75 Å². The molecule has 1 aromatic heterocycles. The highest BCUT2D eigenvalue weighted by molar-refractivity contribution is 5.77. The van der Waals surface area contributed by atoms with Gasteiger partial charge >= 0.3 is 0 Å². The van der Waals surface area contributed by atoms with Gasteiger partial charge in [0.05, 0.1) is 12.2 Å². The average Bonchev–Trinajstić information content (AvgIpc) is 3.47. The van der Waals surface area contributed by atoms with E-state index in [9.17, 15) is 9.59 Å². The maximum absolute atomic E-state index is 11.9. The van der Waals surface area contributed by atoms with Crippen LogP contribution in [0.4, 0.5) is 0 Å². The van der Waals surface area contributed by atoms with Gasteiger partial charge in [-0.05, 0) is 42.5 Å². The Morgan fingerprint density at radius 3 is 2.62 bits per heavy atom. The highest BCUT2D eigenvalue weighted by atomic mass is 16.5. The van der Waals surface area contributed by atoms with Crippen LogP contribution in [-0.2, 0) is 11.3 Å². The molecular formula is C20H25N3O3. The highest BCUT2D eigenvalue weighted by Gasteiger charge is 2.25. The zero-order valence-corrected chi connectivity index (χ0v) is 15.3. The van der Waals surface area contributed by atoms with Crippen LogP contribution >= 0.6 is 0 Å². The van der Waals surface area contributed by atoms with Crippen molar-refractivity contribution in [2.24, 2.45) is 0 Å². The predicted octanol–water partition coefficient (Wildman–Crippen LogP) is 2.44. The van der Waals surface area contributed by atoms with Gasteiger partial charge in [-0.3, -0.25) is 9.59 Å². The van der Waals surface area contributed by atoms with Gasteiger partial charge in [0.25, 0.3) is 11.5 Å². The molecule has 2 aromatic rings. The van der Waals surface area contributed by atoms with Crippen LogP contribution in [0.2, 0.25) is 0 Å². The number of carbonyl (C=O) groups excluding carboxylic acids is 1. The van der Waals surface area contributed by atoms with E-state index in [1.165, 1.54) is 10.2 Å². The zero-order chi connectivity index (χ0) is 18.5. The molecule has 138 valence electrons. The first-order valence-corrected chi connectivity index (χ1v) is 9.10. The monoisotopic (exact) mass is 355 g/mol. The van der Waals surface area contributed by atoms with Crippen LogP contribution in [0.5, 0.6) is 5.75 Å². The Labute approximate surface area is 153 Å². The number of carbonyl (C=O) groups is 1. The number of ether oxygens (including phenoxy) is 1. The summed E-state index contributed by atoms with van der Waals surface area (Å²) in [6, 6.07) is 11.1. The molecule has 0 aliphatic heterocycles. The molecule has 6 nitrogen and oxygen atoms in total. The van der Waals surface area contributed by atoms with Gasteiger partial charge in [0.2, 0.25) is 0 Å². The molecule has 1 N–H and O–H groups in total. The second kappa shape index (κ2) is 8.17. The minimum Gasteiger partial charge on any atom is -0.484 e. The van der Waals surface area contributed by atoms with Crippen LogP contribution in [-0.4, -0.2) is 28.8 Å². The normalized spacial score (nSPS) is 13.7. The number of aromatic nitrogens is 2. The zero-order valence-electron chi connectivity index (χ0n) is 15.3. The Bertz CT molecular complexity index is 808. The van der Waals surface area contributed by atoms with Gasteiger partial charge in [-0.15, -0.1) is 0 Å². The van der Waals surface area contributed by atoms with Gasteiger partial charge in [-0.2, -0.15) is 5.10 Å². The van der Waals surface area contributed by atoms with Crippen molar-refractivity contribution >= 4 is 5.91 Å². The maximum atomic E-state index is 11.9. The van der Waals surface area contributed by atoms with E-state index in [2.05, 4.69) is 24.3 Å². The highest BCUT2D eigenvalue weighted by Crippen LogP contribution is 2.38. The Morgan fingerprint density at radius 1 is 1.23 bits per heavy atom. The van der Waals surface area contributed by atoms with Crippen LogP contribution in [0.15, 0.2) is 41.2 Å². The van der Waals surface area contributed by atoms with Crippen molar-refractivity contribution in [3.8, 4) is 5.75 Å². The Kier molecular flexibility index (Phi) is 5.71. The van der Waals surface area contributed by atoms with Crippen LogP contribution in [0.1, 0.15) is 49.8 Å². The second-order valence-electron chi connectivity index (χ2n) is 6.96. The van der Waals surface area contributed by atoms with E-state index < -0.39 is 0 Å². The minimum absolute atomic E-state index is 0.0501. The molecule has 26 heavy (non-hydrogen) atoms. The van der Waals surface area contributed by atoms with Gasteiger partial charge in [-0.25, -0.2) is 4.68 Å². The summed E-state index contributed by atoms with van der Waals surface area (Å²) >= 11 is 0. The first kappa shape index (κ1) is 18.2. The summed E-state index contributed by atoms with van der Waals surface area (Å²) < 4.78 is 6.91. The van der Waals surface area contributed by atoms with Crippen molar-refractivity contribution in [3.05, 3.63) is 58.0 Å².